The van der Waals surface area contributed by atoms with Gasteiger partial charge in [-0.05, 0) is 12.1 Å². The molecule has 0 bridgehead atoms. The van der Waals surface area contributed by atoms with E-state index in [1.54, 1.807) is 13.2 Å². The summed E-state index contributed by atoms with van der Waals surface area (Å²) in [7, 11) is 0.241. The second kappa shape index (κ2) is 4.50. The van der Waals surface area contributed by atoms with Crippen LogP contribution in [0.2, 0.25) is 0 Å². The van der Waals surface area contributed by atoms with E-state index < -0.39 is 16.8 Å². The molecule has 17 heavy (non-hydrogen) atoms. The molecule has 8 heteroatoms. The predicted octanol–water partition coefficient (Wildman–Crippen LogP) is 0.414. The van der Waals surface area contributed by atoms with Gasteiger partial charge >= 0.3 is 5.97 Å². The average Bonchev–Trinajstić information content (AvgIpc) is 2.86. The lowest BCUT2D eigenvalue weighted by Crippen LogP contribution is -1.96. The van der Waals surface area contributed by atoms with Crippen LogP contribution in [-0.4, -0.2) is 30.3 Å². The zero-order chi connectivity index (χ0) is 12.4. The van der Waals surface area contributed by atoms with Crippen LogP contribution in [0.3, 0.4) is 0 Å². The van der Waals surface area contributed by atoms with E-state index in [9.17, 15) is 9.00 Å². The minimum absolute atomic E-state index is 0.119. The van der Waals surface area contributed by atoms with Crippen molar-refractivity contribution < 1.29 is 18.5 Å². The van der Waals surface area contributed by atoms with Crippen LogP contribution in [0.5, 0.6) is 0 Å². The van der Waals surface area contributed by atoms with E-state index >= 15 is 0 Å². The smallest absolute Gasteiger partial charge is 0.371 e. The van der Waals surface area contributed by atoms with Gasteiger partial charge in [-0.3, -0.25) is 8.89 Å². The Morgan fingerprint density at radius 3 is 2.88 bits per heavy atom. The SMILES string of the molecule is Cn1cc(CS(=O)c2ccc(C(=O)O)o2)nn1. The quantitative estimate of drug-likeness (QED) is 0.849. The minimum Gasteiger partial charge on any atom is -0.475 e. The fraction of sp³-hybridized carbons (Fsp3) is 0.222. The highest BCUT2D eigenvalue weighted by molar-refractivity contribution is 7.84. The first kappa shape index (κ1) is 11.5. The van der Waals surface area contributed by atoms with Crippen molar-refractivity contribution in [1.29, 1.82) is 0 Å². The predicted molar refractivity (Wildman–Crippen MR) is 56.8 cm³/mol. The molecule has 0 aliphatic rings. The summed E-state index contributed by atoms with van der Waals surface area (Å²) in [5, 5.41) is 16.3. The zero-order valence-corrected chi connectivity index (χ0v) is 9.68. The molecule has 0 aliphatic heterocycles. The summed E-state index contributed by atoms with van der Waals surface area (Å²) < 4.78 is 18.2. The second-order valence-electron chi connectivity index (χ2n) is 3.30. The molecule has 0 spiro atoms. The summed E-state index contributed by atoms with van der Waals surface area (Å²) in [5.41, 5.74) is 0.555. The average molecular weight is 255 g/mol. The summed E-state index contributed by atoms with van der Waals surface area (Å²) in [6.45, 7) is 0. The molecule has 0 fully saturated rings. The Kier molecular flexibility index (Phi) is 3.05. The third-order valence-electron chi connectivity index (χ3n) is 1.95. The van der Waals surface area contributed by atoms with Gasteiger partial charge in [-0.2, -0.15) is 0 Å². The molecule has 1 unspecified atom stereocenters. The number of carboxylic acid groups (broad SMARTS) is 1. The molecule has 7 nitrogen and oxygen atoms in total. The van der Waals surface area contributed by atoms with Crippen LogP contribution in [0.25, 0.3) is 0 Å². The number of rotatable bonds is 4. The van der Waals surface area contributed by atoms with Crippen molar-refractivity contribution in [3.63, 3.8) is 0 Å². The Morgan fingerprint density at radius 1 is 1.59 bits per heavy atom. The van der Waals surface area contributed by atoms with Crippen molar-refractivity contribution >= 4 is 16.8 Å². The summed E-state index contributed by atoms with van der Waals surface area (Å²) in [5.74, 6) is -1.28. The molecule has 0 saturated heterocycles. The monoisotopic (exact) mass is 255 g/mol. The zero-order valence-electron chi connectivity index (χ0n) is 8.86. The largest absolute Gasteiger partial charge is 0.475 e. The van der Waals surface area contributed by atoms with Crippen molar-refractivity contribution in [3.8, 4) is 0 Å². The van der Waals surface area contributed by atoms with Gasteiger partial charge in [-0.25, -0.2) is 4.79 Å². The molecule has 1 N–H and O–H groups in total. The molecule has 2 rings (SSSR count). The number of aryl methyl sites for hydroxylation is 1. The van der Waals surface area contributed by atoms with Crippen LogP contribution < -0.4 is 0 Å². The standard InChI is InChI=1S/C9H9N3O4S/c1-12-4-6(10-11-12)5-17(15)8-3-2-7(16-8)9(13)14/h2-4H,5H2,1H3,(H,13,14). The molecule has 0 aromatic carbocycles. The Balaban J connectivity index is 2.11. The topological polar surface area (TPSA) is 98.2 Å². The van der Waals surface area contributed by atoms with Crippen molar-refractivity contribution in [3.05, 3.63) is 29.8 Å². The highest BCUT2D eigenvalue weighted by Gasteiger charge is 2.15. The van der Waals surface area contributed by atoms with Gasteiger partial charge < -0.3 is 9.52 Å². The lowest BCUT2D eigenvalue weighted by Gasteiger charge is -1.94. The van der Waals surface area contributed by atoms with Crippen molar-refractivity contribution in [1.82, 2.24) is 15.0 Å². The number of nitrogens with zero attached hydrogens (tertiary/aromatic N) is 3. The third kappa shape index (κ3) is 2.59. The van der Waals surface area contributed by atoms with Gasteiger partial charge in [0.15, 0.2) is 5.09 Å². The number of furan rings is 1. The van der Waals surface area contributed by atoms with E-state index in [2.05, 4.69) is 10.3 Å². The molecule has 2 aromatic heterocycles. The number of aromatic carboxylic acids is 1. The fourth-order valence-corrected chi connectivity index (χ4v) is 2.17. The van der Waals surface area contributed by atoms with Gasteiger partial charge in [0.1, 0.15) is 0 Å². The first-order chi connectivity index (χ1) is 8.06. The summed E-state index contributed by atoms with van der Waals surface area (Å²) in [6, 6.07) is 2.65. The van der Waals surface area contributed by atoms with Gasteiger partial charge in [0.05, 0.1) is 22.2 Å². The van der Waals surface area contributed by atoms with E-state index in [0.29, 0.717) is 5.69 Å². The fourth-order valence-electron chi connectivity index (χ4n) is 1.22. The summed E-state index contributed by atoms with van der Waals surface area (Å²) in [6.07, 6.45) is 1.64. The van der Waals surface area contributed by atoms with Gasteiger partial charge in [0, 0.05) is 13.2 Å². The molecule has 90 valence electrons. The normalized spacial score (nSPS) is 12.5. The van der Waals surface area contributed by atoms with Crippen LogP contribution in [0.1, 0.15) is 16.2 Å². The van der Waals surface area contributed by atoms with E-state index in [4.69, 9.17) is 9.52 Å². The molecule has 1 atom stereocenters. The minimum atomic E-state index is -1.46. The van der Waals surface area contributed by atoms with Crippen LogP contribution in [0.15, 0.2) is 27.8 Å². The van der Waals surface area contributed by atoms with Crippen LogP contribution in [0, 0.1) is 0 Å². The Labute approximate surface area is 98.5 Å². The van der Waals surface area contributed by atoms with Gasteiger partial charge in [-0.1, -0.05) is 5.21 Å². The molecular weight excluding hydrogens is 246 g/mol. The molecular formula is C9H9N3O4S. The first-order valence-electron chi connectivity index (χ1n) is 4.63. The number of hydrogen-bond acceptors (Lipinski definition) is 5. The molecule has 2 heterocycles. The maximum atomic E-state index is 11.8. The van der Waals surface area contributed by atoms with Gasteiger partial charge in [0.2, 0.25) is 5.76 Å². The number of carboxylic acids is 1. The third-order valence-corrected chi connectivity index (χ3v) is 3.17. The molecule has 0 amide bonds. The Hall–Kier alpha value is -1.96. The van der Waals surface area contributed by atoms with E-state index in [1.807, 2.05) is 0 Å². The van der Waals surface area contributed by atoms with E-state index in [1.165, 1.54) is 16.8 Å². The second-order valence-corrected chi connectivity index (χ2v) is 4.68. The van der Waals surface area contributed by atoms with E-state index in [-0.39, 0.29) is 16.6 Å². The molecule has 0 saturated carbocycles. The van der Waals surface area contributed by atoms with Crippen LogP contribution in [-0.2, 0) is 23.6 Å². The highest BCUT2D eigenvalue weighted by atomic mass is 32.2. The molecule has 0 aliphatic carbocycles. The van der Waals surface area contributed by atoms with Crippen molar-refractivity contribution in [2.45, 2.75) is 10.8 Å². The maximum absolute atomic E-state index is 11.8. The van der Waals surface area contributed by atoms with Gasteiger partial charge in [0.25, 0.3) is 0 Å². The van der Waals surface area contributed by atoms with Gasteiger partial charge in [-0.15, -0.1) is 5.10 Å². The first-order valence-corrected chi connectivity index (χ1v) is 5.95. The van der Waals surface area contributed by atoms with Crippen LogP contribution in [0.4, 0.5) is 0 Å². The van der Waals surface area contributed by atoms with Crippen molar-refractivity contribution in [2.75, 3.05) is 0 Å². The maximum Gasteiger partial charge on any atom is 0.371 e. The number of carbonyl (C=O) groups is 1. The summed E-state index contributed by atoms with van der Waals surface area (Å²) >= 11 is 0. The Bertz CT molecular complexity index is 574. The lowest BCUT2D eigenvalue weighted by molar-refractivity contribution is 0.0656. The number of hydrogen-bond donors (Lipinski definition) is 1. The van der Waals surface area contributed by atoms with E-state index in [0.717, 1.165) is 0 Å². The number of aromatic nitrogens is 3. The molecule has 0 radical (unpaired) electrons. The van der Waals surface area contributed by atoms with Crippen LogP contribution >= 0.6 is 0 Å². The summed E-state index contributed by atoms with van der Waals surface area (Å²) in [4.78, 5) is 10.6. The lowest BCUT2D eigenvalue weighted by atomic mass is 10.5. The van der Waals surface area contributed by atoms with Crippen molar-refractivity contribution in [2.24, 2.45) is 7.05 Å². The Morgan fingerprint density at radius 2 is 2.35 bits per heavy atom. The molecule has 2 aromatic rings. The highest BCUT2D eigenvalue weighted by Crippen LogP contribution is 2.14.